The van der Waals surface area contributed by atoms with E-state index < -0.39 is 10.0 Å². The molecular formula is C26H27Cl2N3O4S. The molecule has 3 aromatic rings. The quantitative estimate of drug-likeness (QED) is 0.443. The maximum atomic E-state index is 12.7. The number of hydrogen-bond donors (Lipinski definition) is 1. The zero-order valence-corrected chi connectivity index (χ0v) is 22.3. The molecule has 0 aliphatic carbocycles. The predicted octanol–water partition coefficient (Wildman–Crippen LogP) is 5.14. The predicted molar refractivity (Wildman–Crippen MR) is 144 cm³/mol. The van der Waals surface area contributed by atoms with Crippen LogP contribution in [0, 0.1) is 13.8 Å². The van der Waals surface area contributed by atoms with Crippen LogP contribution in [-0.4, -0.2) is 52.0 Å². The molecule has 0 unspecified atom stereocenters. The number of nitrogens with one attached hydrogen (secondary N) is 1. The summed E-state index contributed by atoms with van der Waals surface area (Å²) < 4.78 is 33.4. The number of halogens is 2. The molecule has 0 saturated carbocycles. The number of ether oxygens (including phenoxy) is 1. The van der Waals surface area contributed by atoms with Crippen LogP contribution in [0.2, 0.25) is 10.0 Å². The molecule has 1 amide bonds. The Labute approximate surface area is 221 Å². The SMILES string of the molecule is Cc1cccc(N2CCN(C(=O)COc3ccc(S(=O)(=O)Nc4ccc(Cl)c(Cl)c4)cc3)CC2)c1C. The molecule has 3 aromatic carbocycles. The van der Waals surface area contributed by atoms with Crippen molar-refractivity contribution in [3.8, 4) is 5.75 Å². The number of benzene rings is 3. The van der Waals surface area contributed by atoms with Crippen LogP contribution >= 0.6 is 23.2 Å². The molecule has 1 aliphatic heterocycles. The summed E-state index contributed by atoms with van der Waals surface area (Å²) in [7, 11) is -3.83. The van der Waals surface area contributed by atoms with Crippen molar-refractivity contribution >= 4 is 50.5 Å². The summed E-state index contributed by atoms with van der Waals surface area (Å²) in [6, 6.07) is 16.6. The highest BCUT2D eigenvalue weighted by atomic mass is 35.5. The van der Waals surface area contributed by atoms with E-state index in [1.807, 2.05) is 0 Å². The van der Waals surface area contributed by atoms with Gasteiger partial charge in [0, 0.05) is 31.9 Å². The Morgan fingerprint density at radius 2 is 1.64 bits per heavy atom. The Bertz CT molecular complexity index is 1360. The van der Waals surface area contributed by atoms with Gasteiger partial charge in [-0.05, 0) is 73.5 Å². The van der Waals surface area contributed by atoms with E-state index in [0.29, 0.717) is 29.5 Å². The maximum Gasteiger partial charge on any atom is 0.261 e. The molecule has 0 aromatic heterocycles. The van der Waals surface area contributed by atoms with Gasteiger partial charge in [-0.1, -0.05) is 35.3 Å². The van der Waals surface area contributed by atoms with Crippen molar-refractivity contribution in [2.24, 2.45) is 0 Å². The molecule has 190 valence electrons. The maximum absolute atomic E-state index is 12.7. The average molecular weight is 548 g/mol. The van der Waals surface area contributed by atoms with Gasteiger partial charge in [0.2, 0.25) is 0 Å². The van der Waals surface area contributed by atoms with Crippen LogP contribution in [-0.2, 0) is 14.8 Å². The third kappa shape index (κ3) is 6.06. The number of aryl methyl sites for hydroxylation is 1. The molecule has 4 rings (SSSR count). The fourth-order valence-corrected chi connectivity index (χ4v) is 5.35. The lowest BCUT2D eigenvalue weighted by atomic mass is 10.1. The monoisotopic (exact) mass is 547 g/mol. The van der Waals surface area contributed by atoms with E-state index in [0.717, 1.165) is 13.1 Å². The first-order chi connectivity index (χ1) is 17.1. The molecule has 1 aliphatic rings. The van der Waals surface area contributed by atoms with Gasteiger partial charge in [-0.3, -0.25) is 9.52 Å². The van der Waals surface area contributed by atoms with E-state index in [2.05, 4.69) is 41.7 Å². The molecule has 0 bridgehead atoms. The molecule has 36 heavy (non-hydrogen) atoms. The molecule has 0 atom stereocenters. The molecule has 10 heteroatoms. The highest BCUT2D eigenvalue weighted by Crippen LogP contribution is 2.27. The van der Waals surface area contributed by atoms with Gasteiger partial charge in [-0.25, -0.2) is 8.42 Å². The van der Waals surface area contributed by atoms with Crippen molar-refractivity contribution in [1.82, 2.24) is 4.90 Å². The molecule has 1 heterocycles. The molecule has 1 fully saturated rings. The van der Waals surface area contributed by atoms with E-state index in [9.17, 15) is 13.2 Å². The van der Waals surface area contributed by atoms with Crippen molar-refractivity contribution < 1.29 is 17.9 Å². The first-order valence-corrected chi connectivity index (χ1v) is 13.7. The fraction of sp³-hybridized carbons (Fsp3) is 0.269. The summed E-state index contributed by atoms with van der Waals surface area (Å²) in [4.78, 5) is 16.8. The van der Waals surface area contributed by atoms with Gasteiger partial charge in [0.25, 0.3) is 15.9 Å². The second-order valence-corrected chi connectivity index (χ2v) is 11.1. The number of sulfonamides is 1. The summed E-state index contributed by atoms with van der Waals surface area (Å²) in [5, 5.41) is 0.580. The lowest BCUT2D eigenvalue weighted by Gasteiger charge is -2.37. The van der Waals surface area contributed by atoms with Crippen LogP contribution in [0.25, 0.3) is 0 Å². The van der Waals surface area contributed by atoms with E-state index in [1.54, 1.807) is 4.90 Å². The Balaban J connectivity index is 1.29. The molecule has 1 saturated heterocycles. The van der Waals surface area contributed by atoms with E-state index in [-0.39, 0.29) is 22.4 Å². The van der Waals surface area contributed by atoms with Gasteiger partial charge >= 0.3 is 0 Å². The van der Waals surface area contributed by atoms with E-state index >= 15 is 0 Å². The van der Waals surface area contributed by atoms with Crippen molar-refractivity contribution in [2.45, 2.75) is 18.7 Å². The van der Waals surface area contributed by atoms with E-state index in [4.69, 9.17) is 27.9 Å². The lowest BCUT2D eigenvalue weighted by Crippen LogP contribution is -2.50. The number of rotatable bonds is 7. The van der Waals surface area contributed by atoms with Crippen molar-refractivity contribution in [3.63, 3.8) is 0 Å². The summed E-state index contributed by atoms with van der Waals surface area (Å²) in [5.74, 6) is 0.305. The second-order valence-electron chi connectivity index (χ2n) is 8.58. The zero-order chi connectivity index (χ0) is 25.9. The number of carbonyl (C=O) groups excluding carboxylic acids is 1. The van der Waals surface area contributed by atoms with Crippen molar-refractivity contribution in [1.29, 1.82) is 0 Å². The highest BCUT2D eigenvalue weighted by molar-refractivity contribution is 7.92. The number of hydrogen-bond acceptors (Lipinski definition) is 5. The Hall–Kier alpha value is -2.94. The Morgan fingerprint density at radius 1 is 0.944 bits per heavy atom. The fourth-order valence-electron chi connectivity index (χ4n) is 4.00. The van der Waals surface area contributed by atoms with Gasteiger partial charge in [-0.2, -0.15) is 0 Å². The van der Waals surface area contributed by atoms with Gasteiger partial charge in [0.1, 0.15) is 5.75 Å². The molecule has 7 nitrogen and oxygen atoms in total. The van der Waals surface area contributed by atoms with Crippen LogP contribution in [0.15, 0.2) is 65.6 Å². The van der Waals surface area contributed by atoms with Crippen LogP contribution in [0.5, 0.6) is 5.75 Å². The molecule has 0 spiro atoms. The largest absolute Gasteiger partial charge is 0.484 e. The number of amides is 1. The van der Waals surface area contributed by atoms with Gasteiger partial charge in [-0.15, -0.1) is 0 Å². The summed E-state index contributed by atoms with van der Waals surface area (Å²) in [6.45, 7) is 6.86. The Morgan fingerprint density at radius 3 is 2.31 bits per heavy atom. The van der Waals surface area contributed by atoms with Crippen molar-refractivity contribution in [2.75, 3.05) is 42.4 Å². The molecule has 1 N–H and O–H groups in total. The van der Waals surface area contributed by atoms with E-state index in [1.165, 1.54) is 59.3 Å². The average Bonchev–Trinajstić information content (AvgIpc) is 2.87. The number of nitrogens with zero attached hydrogens (tertiary/aromatic N) is 2. The number of carbonyl (C=O) groups is 1. The van der Waals surface area contributed by atoms with Gasteiger partial charge < -0.3 is 14.5 Å². The number of anilines is 2. The highest BCUT2D eigenvalue weighted by Gasteiger charge is 2.23. The van der Waals surface area contributed by atoms with Crippen molar-refractivity contribution in [3.05, 3.63) is 81.8 Å². The second kappa shape index (κ2) is 11.0. The first-order valence-electron chi connectivity index (χ1n) is 11.4. The van der Waals surface area contributed by atoms with Gasteiger partial charge in [0.15, 0.2) is 6.61 Å². The number of piperazine rings is 1. The lowest BCUT2D eigenvalue weighted by molar-refractivity contribution is -0.133. The third-order valence-corrected chi connectivity index (χ3v) is 8.35. The summed E-state index contributed by atoms with van der Waals surface area (Å²) >= 11 is 11.8. The minimum Gasteiger partial charge on any atom is -0.484 e. The van der Waals surface area contributed by atoms with Crippen LogP contribution in [0.3, 0.4) is 0 Å². The molecule has 0 radical (unpaired) electrons. The minimum atomic E-state index is -3.83. The third-order valence-electron chi connectivity index (χ3n) is 6.22. The van der Waals surface area contributed by atoms with Gasteiger partial charge in [0.05, 0.1) is 20.6 Å². The summed E-state index contributed by atoms with van der Waals surface area (Å²) in [6.07, 6.45) is 0. The standard InChI is InChI=1S/C26H27Cl2N3O4S/c1-18-4-3-5-25(19(18)2)30-12-14-31(15-13-30)26(32)17-35-21-7-9-22(10-8-21)36(33,34)29-20-6-11-23(27)24(28)16-20/h3-11,16,29H,12-15,17H2,1-2H3. The topological polar surface area (TPSA) is 79.0 Å². The first kappa shape index (κ1) is 26.1. The van der Waals surface area contributed by atoms with Crippen LogP contribution in [0.4, 0.5) is 11.4 Å². The van der Waals surface area contributed by atoms with Crippen LogP contribution in [0.1, 0.15) is 11.1 Å². The van der Waals surface area contributed by atoms with Crippen LogP contribution < -0.4 is 14.4 Å². The smallest absolute Gasteiger partial charge is 0.261 e. The minimum absolute atomic E-state index is 0.0508. The Kier molecular flexibility index (Phi) is 7.97. The molecular weight excluding hydrogens is 521 g/mol. The summed E-state index contributed by atoms with van der Waals surface area (Å²) in [5.41, 5.74) is 4.02. The normalized spacial score (nSPS) is 14.0. The zero-order valence-electron chi connectivity index (χ0n) is 20.0.